The van der Waals surface area contributed by atoms with Crippen molar-refractivity contribution in [3.63, 3.8) is 0 Å². The Balaban J connectivity index is 1.83. The van der Waals surface area contributed by atoms with Gasteiger partial charge in [-0.15, -0.1) is 0 Å². The van der Waals surface area contributed by atoms with Gasteiger partial charge in [-0.3, -0.25) is 0 Å². The summed E-state index contributed by atoms with van der Waals surface area (Å²) < 4.78 is 5.58. The van der Waals surface area contributed by atoms with Gasteiger partial charge < -0.3 is 10.1 Å². The van der Waals surface area contributed by atoms with Crippen LogP contribution < -0.4 is 5.32 Å². The van der Waals surface area contributed by atoms with Gasteiger partial charge in [0, 0.05) is 18.7 Å². The third kappa shape index (κ3) is 2.29. The lowest BCUT2D eigenvalue weighted by Crippen LogP contribution is -2.46. The molecule has 2 rings (SSSR count). The maximum absolute atomic E-state index is 5.58. The largest absolute Gasteiger partial charge is 0.377 e. The fourth-order valence-corrected chi connectivity index (χ4v) is 2.79. The van der Waals surface area contributed by atoms with Crippen molar-refractivity contribution in [2.24, 2.45) is 5.92 Å². The van der Waals surface area contributed by atoms with Crippen LogP contribution in [0.25, 0.3) is 0 Å². The van der Waals surface area contributed by atoms with Crippen molar-refractivity contribution in [3.8, 4) is 0 Å². The molecule has 0 bridgehead atoms. The normalized spacial score (nSPS) is 44.1. The van der Waals surface area contributed by atoms with Crippen LogP contribution in [0.4, 0.5) is 0 Å². The molecule has 1 saturated heterocycles. The Morgan fingerprint density at radius 1 is 1.00 bits per heavy atom. The Bertz CT molecular complexity index is 183. The fourth-order valence-electron chi connectivity index (χ4n) is 2.79. The topological polar surface area (TPSA) is 21.3 Å². The molecule has 0 aromatic rings. The van der Waals surface area contributed by atoms with Crippen LogP contribution >= 0.6 is 0 Å². The smallest absolute Gasteiger partial charge is 0.0700 e. The Hall–Kier alpha value is -0.0800. The molecule has 82 valence electrons. The van der Waals surface area contributed by atoms with Gasteiger partial charge in [-0.25, -0.2) is 0 Å². The number of hydrogen-bond acceptors (Lipinski definition) is 2. The van der Waals surface area contributed by atoms with Gasteiger partial charge in [0.05, 0.1) is 6.10 Å². The monoisotopic (exact) mass is 197 g/mol. The summed E-state index contributed by atoms with van der Waals surface area (Å²) in [4.78, 5) is 0. The zero-order chi connectivity index (χ0) is 9.97. The van der Waals surface area contributed by atoms with E-state index >= 15 is 0 Å². The second kappa shape index (κ2) is 4.63. The highest BCUT2D eigenvalue weighted by atomic mass is 16.5. The third-order valence-electron chi connectivity index (χ3n) is 3.92. The summed E-state index contributed by atoms with van der Waals surface area (Å²) in [6.07, 6.45) is 7.22. The second-order valence-electron chi connectivity index (χ2n) is 5.01. The lowest BCUT2D eigenvalue weighted by Gasteiger charge is -2.32. The van der Waals surface area contributed by atoms with Crippen LogP contribution in [0.3, 0.4) is 0 Å². The zero-order valence-corrected chi connectivity index (χ0v) is 9.46. The molecule has 14 heavy (non-hydrogen) atoms. The van der Waals surface area contributed by atoms with Gasteiger partial charge in [0.2, 0.25) is 0 Å². The van der Waals surface area contributed by atoms with Gasteiger partial charge >= 0.3 is 0 Å². The highest BCUT2D eigenvalue weighted by Crippen LogP contribution is 2.25. The van der Waals surface area contributed by atoms with Crippen LogP contribution in [-0.2, 0) is 4.74 Å². The van der Waals surface area contributed by atoms with Gasteiger partial charge in [0.15, 0.2) is 0 Å². The molecular formula is C12H23NO. The van der Waals surface area contributed by atoms with E-state index in [0.717, 1.165) is 18.6 Å². The Morgan fingerprint density at radius 3 is 2.43 bits per heavy atom. The summed E-state index contributed by atoms with van der Waals surface area (Å²) in [5, 5.41) is 3.79. The molecule has 1 N–H and O–H groups in total. The Kier molecular flexibility index (Phi) is 3.45. The maximum Gasteiger partial charge on any atom is 0.0700 e. The van der Waals surface area contributed by atoms with E-state index < -0.39 is 0 Å². The molecule has 0 aromatic carbocycles. The summed E-state index contributed by atoms with van der Waals surface area (Å²) in [6, 6.07) is 1.36. The summed E-state index contributed by atoms with van der Waals surface area (Å²) >= 11 is 0. The van der Waals surface area contributed by atoms with Gasteiger partial charge in [-0.1, -0.05) is 19.8 Å². The number of ether oxygens (including phenoxy) is 1. The highest BCUT2D eigenvalue weighted by molar-refractivity contribution is 4.86. The summed E-state index contributed by atoms with van der Waals surface area (Å²) in [6.45, 7) is 5.52. The highest BCUT2D eigenvalue weighted by Gasteiger charge is 2.29. The SMILES string of the molecule is C[C@@H]1CCCC[C@@H]1N[C@@H]1CCO[C@@H]1C. The predicted octanol–water partition coefficient (Wildman–Crippen LogP) is 2.33. The molecule has 4 atom stereocenters. The number of rotatable bonds is 2. The van der Waals surface area contributed by atoms with Crippen LogP contribution in [0.15, 0.2) is 0 Å². The average molecular weight is 197 g/mol. The number of hydrogen-bond donors (Lipinski definition) is 1. The van der Waals surface area contributed by atoms with Crippen LogP contribution in [0.2, 0.25) is 0 Å². The summed E-state index contributed by atoms with van der Waals surface area (Å²) in [5.41, 5.74) is 0. The van der Waals surface area contributed by atoms with E-state index in [1.54, 1.807) is 0 Å². The second-order valence-corrected chi connectivity index (χ2v) is 5.01. The quantitative estimate of drug-likeness (QED) is 0.733. The van der Waals surface area contributed by atoms with Crippen molar-refractivity contribution in [2.75, 3.05) is 6.61 Å². The Morgan fingerprint density at radius 2 is 1.79 bits per heavy atom. The molecule has 0 radical (unpaired) electrons. The lowest BCUT2D eigenvalue weighted by molar-refractivity contribution is 0.106. The van der Waals surface area contributed by atoms with E-state index in [0.29, 0.717) is 12.1 Å². The average Bonchev–Trinajstić information content (AvgIpc) is 2.56. The van der Waals surface area contributed by atoms with Crippen LogP contribution in [0, 0.1) is 5.92 Å². The van der Waals surface area contributed by atoms with E-state index in [1.807, 2.05) is 0 Å². The van der Waals surface area contributed by atoms with Crippen molar-refractivity contribution in [1.29, 1.82) is 0 Å². The number of nitrogens with one attached hydrogen (secondary N) is 1. The molecule has 1 aliphatic carbocycles. The predicted molar refractivity (Wildman–Crippen MR) is 58.4 cm³/mol. The minimum atomic E-state index is 0.420. The first kappa shape index (κ1) is 10.4. The maximum atomic E-state index is 5.58. The van der Waals surface area contributed by atoms with Crippen molar-refractivity contribution in [1.82, 2.24) is 5.32 Å². The van der Waals surface area contributed by atoms with Crippen LogP contribution in [0.1, 0.15) is 46.0 Å². The molecule has 0 aromatic heterocycles. The first-order valence-corrected chi connectivity index (χ1v) is 6.15. The Labute approximate surface area is 87.4 Å². The van der Waals surface area contributed by atoms with E-state index in [9.17, 15) is 0 Å². The minimum absolute atomic E-state index is 0.420. The van der Waals surface area contributed by atoms with Crippen molar-refractivity contribution >= 4 is 0 Å². The van der Waals surface area contributed by atoms with Crippen molar-refractivity contribution in [3.05, 3.63) is 0 Å². The van der Waals surface area contributed by atoms with Gasteiger partial charge in [-0.05, 0) is 32.1 Å². The molecule has 1 saturated carbocycles. The summed E-state index contributed by atoms with van der Waals surface area (Å²) in [7, 11) is 0. The molecule has 2 aliphatic rings. The van der Waals surface area contributed by atoms with Crippen LogP contribution in [0.5, 0.6) is 0 Å². The molecule has 1 heterocycles. The van der Waals surface area contributed by atoms with E-state index in [-0.39, 0.29) is 0 Å². The minimum Gasteiger partial charge on any atom is -0.377 e. The van der Waals surface area contributed by atoms with Gasteiger partial charge in [0.1, 0.15) is 0 Å². The first-order valence-electron chi connectivity index (χ1n) is 6.15. The zero-order valence-electron chi connectivity index (χ0n) is 9.46. The lowest BCUT2D eigenvalue weighted by atomic mass is 9.85. The molecule has 0 amide bonds. The van der Waals surface area contributed by atoms with Crippen molar-refractivity contribution in [2.45, 2.75) is 64.1 Å². The van der Waals surface area contributed by atoms with Crippen molar-refractivity contribution < 1.29 is 4.74 Å². The van der Waals surface area contributed by atoms with E-state index in [2.05, 4.69) is 19.2 Å². The molecule has 0 unspecified atom stereocenters. The fraction of sp³-hybridized carbons (Fsp3) is 1.00. The molecule has 2 nitrogen and oxygen atoms in total. The molecule has 2 fully saturated rings. The molecular weight excluding hydrogens is 174 g/mol. The van der Waals surface area contributed by atoms with E-state index in [4.69, 9.17) is 4.74 Å². The first-order chi connectivity index (χ1) is 6.77. The van der Waals surface area contributed by atoms with Crippen LogP contribution in [-0.4, -0.2) is 24.8 Å². The van der Waals surface area contributed by atoms with Gasteiger partial charge in [0.25, 0.3) is 0 Å². The molecule has 0 spiro atoms. The third-order valence-corrected chi connectivity index (χ3v) is 3.92. The molecule has 1 aliphatic heterocycles. The molecule has 2 heteroatoms. The van der Waals surface area contributed by atoms with E-state index in [1.165, 1.54) is 32.1 Å². The summed E-state index contributed by atoms with van der Waals surface area (Å²) in [5.74, 6) is 0.858. The van der Waals surface area contributed by atoms with Gasteiger partial charge in [-0.2, -0.15) is 0 Å². The standard InChI is InChI=1S/C12H23NO/c1-9-5-3-4-6-11(9)13-12-7-8-14-10(12)2/h9-13H,3-8H2,1-2H3/t9-,10-,11+,12-/m1/s1.